The quantitative estimate of drug-likeness (QED) is 0.302. The van der Waals surface area contributed by atoms with E-state index in [-0.39, 0.29) is 70.6 Å². The molecule has 0 fully saturated rings. The zero-order chi connectivity index (χ0) is 16.5. The van der Waals surface area contributed by atoms with Crippen LogP contribution < -0.4 is 89.4 Å². The van der Waals surface area contributed by atoms with Crippen LogP contribution in [-0.2, 0) is 9.13 Å². The average Bonchev–Trinajstić information content (AvgIpc) is 2.44. The molecule has 0 radical (unpaired) electrons. The van der Waals surface area contributed by atoms with Gasteiger partial charge < -0.3 is 21.3 Å². The molecule has 2 aromatic rings. The van der Waals surface area contributed by atoms with Crippen LogP contribution in [0.4, 0.5) is 11.4 Å². The van der Waals surface area contributed by atoms with Gasteiger partial charge in [0.2, 0.25) is 0 Å². The minimum Gasteiger partial charge on any atom is -0.558 e. The number of rotatable bonds is 4. The van der Waals surface area contributed by atoms with Crippen molar-refractivity contribution in [3.05, 3.63) is 48.5 Å². The summed E-state index contributed by atoms with van der Waals surface area (Å²) < 4.78 is 28.8. The minimum atomic E-state index is -2.83. The summed E-state index contributed by atoms with van der Waals surface area (Å²) in [6.45, 7) is 0. The van der Waals surface area contributed by atoms with Crippen LogP contribution in [0, 0.1) is 0 Å². The molecule has 8 nitrogen and oxygen atoms in total. The van der Waals surface area contributed by atoms with E-state index in [0.717, 1.165) is 0 Å². The molecule has 2 aromatic carbocycles. The van der Waals surface area contributed by atoms with Gasteiger partial charge in [0.25, 0.3) is 0 Å². The molecule has 116 valence electrons. The fourth-order valence-corrected chi connectivity index (χ4v) is 1.82. The van der Waals surface area contributed by atoms with Gasteiger partial charge in [0, 0.05) is 11.4 Å². The number of anilines is 2. The summed E-state index contributed by atoms with van der Waals surface area (Å²) in [5.74, 6) is 0.547. The second-order valence-electron chi connectivity index (χ2n) is 3.77. The molecule has 0 heterocycles. The van der Waals surface area contributed by atoms with Crippen molar-refractivity contribution >= 4 is 27.9 Å². The van der Waals surface area contributed by atoms with Crippen LogP contribution in [0.5, 0.6) is 11.5 Å². The second-order valence-corrected chi connectivity index (χ2v) is 5.03. The summed E-state index contributed by atoms with van der Waals surface area (Å²) in [7, 11) is -5.65. The van der Waals surface area contributed by atoms with Crippen LogP contribution in [0.25, 0.3) is 0 Å². The summed E-state index contributed by atoms with van der Waals surface area (Å²) in [6.07, 6.45) is 0. The van der Waals surface area contributed by atoms with E-state index in [1.807, 2.05) is 0 Å². The van der Waals surface area contributed by atoms with Crippen LogP contribution in [0.1, 0.15) is 0 Å². The third-order valence-corrected chi connectivity index (χ3v) is 2.84. The molecule has 2 atom stereocenters. The number of nitrogen functional groups attached to an aromatic ring is 2. The number of hydrogen-bond donors (Lipinski definition) is 2. The van der Waals surface area contributed by atoms with E-state index in [4.69, 9.17) is 11.5 Å². The maximum Gasteiger partial charge on any atom is 1.00 e. The molecule has 2 rings (SSSR count). The Morgan fingerprint density at radius 2 is 0.917 bits per heavy atom. The molecule has 0 aliphatic heterocycles. The molecule has 0 bridgehead atoms. The molecule has 0 saturated carbocycles. The standard InChI is InChI=1S/2C6H6NO3P.2Na/c2*7-5-1-3-6(4-2-5)10-11(8)9;;/h2*1-4H,7H2;;/q;;2*+1. The van der Waals surface area contributed by atoms with Crippen molar-refractivity contribution in [2.45, 2.75) is 0 Å². The number of hydrogen-bond acceptors (Lipinski definition) is 8. The molecular weight excluding hydrogens is 376 g/mol. The summed E-state index contributed by atoms with van der Waals surface area (Å²) in [6, 6.07) is 12.2. The van der Waals surface area contributed by atoms with E-state index >= 15 is 0 Å². The van der Waals surface area contributed by atoms with Crippen molar-refractivity contribution in [3.8, 4) is 11.5 Å². The third-order valence-electron chi connectivity index (χ3n) is 2.12. The van der Waals surface area contributed by atoms with E-state index in [9.17, 15) is 18.9 Å². The maximum absolute atomic E-state index is 10.0. The Morgan fingerprint density at radius 3 is 1.12 bits per heavy atom. The maximum atomic E-state index is 10.0. The van der Waals surface area contributed by atoms with Crippen LogP contribution >= 0.6 is 16.5 Å². The van der Waals surface area contributed by atoms with Gasteiger partial charge in [-0.15, -0.1) is 0 Å². The van der Waals surface area contributed by atoms with Gasteiger partial charge >= 0.3 is 75.6 Å². The smallest absolute Gasteiger partial charge is 0.558 e. The third kappa shape index (κ3) is 12.2. The first kappa shape index (κ1) is 26.0. The van der Waals surface area contributed by atoms with E-state index < -0.39 is 16.5 Å². The largest absolute Gasteiger partial charge is 1.00 e. The summed E-state index contributed by atoms with van der Waals surface area (Å²) in [5.41, 5.74) is 11.8. The molecule has 12 heteroatoms. The Morgan fingerprint density at radius 1 is 0.667 bits per heavy atom. The normalized spacial score (nSPS) is 9.92. The Kier molecular flexibility index (Phi) is 15.1. The fourth-order valence-electron chi connectivity index (χ4n) is 1.23. The molecule has 0 saturated heterocycles. The van der Waals surface area contributed by atoms with Crippen LogP contribution in [0.15, 0.2) is 48.5 Å². The van der Waals surface area contributed by atoms with Gasteiger partial charge in [-0.05, 0) is 57.7 Å². The van der Waals surface area contributed by atoms with Crippen molar-refractivity contribution in [3.63, 3.8) is 0 Å². The van der Waals surface area contributed by atoms with Gasteiger partial charge in [0.1, 0.15) is 0 Å². The summed E-state index contributed by atoms with van der Waals surface area (Å²) in [5, 5.41) is 0. The van der Waals surface area contributed by atoms with Gasteiger partial charge in [-0.2, -0.15) is 0 Å². The van der Waals surface area contributed by atoms with Crippen molar-refractivity contribution < 1.29 is 87.1 Å². The topological polar surface area (TPSA) is 151 Å². The molecule has 4 N–H and O–H groups in total. The zero-order valence-electron chi connectivity index (χ0n) is 13.1. The van der Waals surface area contributed by atoms with Crippen LogP contribution in [0.2, 0.25) is 0 Å². The SMILES string of the molecule is Nc1ccc(O[P+](=O)[O-])cc1.Nc1ccc(O[P+](=O)[O-])cc1.[Na+].[Na+]. The Balaban J connectivity index is 0. The zero-order valence-corrected chi connectivity index (χ0v) is 18.9. The first-order valence-corrected chi connectivity index (χ1v) is 7.91. The Labute approximate surface area is 185 Å². The van der Waals surface area contributed by atoms with E-state index in [1.165, 1.54) is 24.3 Å². The summed E-state index contributed by atoms with van der Waals surface area (Å²) in [4.78, 5) is 20.1. The van der Waals surface area contributed by atoms with Gasteiger partial charge in [-0.3, -0.25) is 9.05 Å². The average molecular weight is 388 g/mol. The molecule has 2 unspecified atom stereocenters. The van der Waals surface area contributed by atoms with Crippen molar-refractivity contribution in [1.29, 1.82) is 0 Å². The predicted octanol–water partition coefficient (Wildman–Crippen LogP) is -4.66. The Bertz CT molecular complexity index is 586. The first-order valence-electron chi connectivity index (χ1n) is 5.72. The van der Waals surface area contributed by atoms with Gasteiger partial charge in [0.15, 0.2) is 11.5 Å². The molecule has 24 heavy (non-hydrogen) atoms. The minimum absolute atomic E-state index is 0. The Hall–Kier alpha value is -0.240. The molecule has 0 aromatic heterocycles. The van der Waals surface area contributed by atoms with Gasteiger partial charge in [-0.25, -0.2) is 0 Å². The molecule has 0 aliphatic rings. The van der Waals surface area contributed by atoms with Crippen molar-refractivity contribution in [2.24, 2.45) is 0 Å². The molecule has 0 spiro atoms. The van der Waals surface area contributed by atoms with Crippen LogP contribution in [-0.4, -0.2) is 0 Å². The van der Waals surface area contributed by atoms with E-state index in [2.05, 4.69) is 9.05 Å². The van der Waals surface area contributed by atoms with Crippen molar-refractivity contribution in [1.82, 2.24) is 0 Å². The molecular formula is C12H12N2Na2O6P2+2. The van der Waals surface area contributed by atoms with Crippen molar-refractivity contribution in [2.75, 3.05) is 11.5 Å². The molecule has 0 aliphatic carbocycles. The first-order chi connectivity index (χ1) is 10.4. The predicted molar refractivity (Wildman–Crippen MR) is 78.2 cm³/mol. The van der Waals surface area contributed by atoms with E-state index in [1.54, 1.807) is 24.3 Å². The van der Waals surface area contributed by atoms with E-state index in [0.29, 0.717) is 11.4 Å². The number of nitrogens with two attached hydrogens (primary N) is 2. The van der Waals surface area contributed by atoms with Gasteiger partial charge in [0.05, 0.1) is 0 Å². The summed E-state index contributed by atoms with van der Waals surface area (Å²) >= 11 is 0. The van der Waals surface area contributed by atoms with Crippen LogP contribution in [0.3, 0.4) is 0 Å². The monoisotopic (exact) mass is 388 g/mol. The van der Waals surface area contributed by atoms with Gasteiger partial charge in [-0.1, -0.05) is 0 Å². The molecule has 0 amide bonds. The fraction of sp³-hybridized carbons (Fsp3) is 0. The number of benzene rings is 2. The second kappa shape index (κ2) is 14.0.